The summed E-state index contributed by atoms with van der Waals surface area (Å²) in [5, 5.41) is 33.3. The number of benzene rings is 12. The van der Waals surface area contributed by atoms with Gasteiger partial charge >= 0.3 is 24.1 Å². The average molecular weight is 1950 g/mol. The van der Waals surface area contributed by atoms with Gasteiger partial charge in [-0.3, -0.25) is 50.9 Å². The summed E-state index contributed by atoms with van der Waals surface area (Å²) < 4.78 is 0. The van der Waals surface area contributed by atoms with Gasteiger partial charge in [-0.2, -0.15) is 0 Å². The molecule has 0 spiro atoms. The van der Waals surface area contributed by atoms with Crippen molar-refractivity contribution < 1.29 is 38.4 Å². The highest BCUT2D eigenvalue weighted by Crippen LogP contribution is 2.35. The van der Waals surface area contributed by atoms with Crippen molar-refractivity contribution in [2.45, 2.75) is 118 Å². The van der Waals surface area contributed by atoms with E-state index in [1.807, 2.05) is 290 Å². The minimum atomic E-state index is -0.432. The van der Waals surface area contributed by atoms with Gasteiger partial charge in [0.1, 0.15) is 11.7 Å². The number of rotatable bonds is 24. The number of aryl methyl sites for hydroxylation is 4. The standard InChI is InChI=1S/2C26H28N6O2.2C26H29N5O2.4ClH/c1-18-16-20(13-14-23(18)31-15-6-5-12-24(31)33)29-26(34)32(22-10-3-2-4-11-22)30-21-9-7-8-19(17-21)25(27)28;1-18-16-20(13-14-23(18)31-15-6-5-12-24(31)33)29-26(34)30-32(21-9-3-2-4-10-21)22-11-7-8-19(17-22)25(27)28;1-19-16-21(13-14-24(19)30-15-6-5-12-25(30)32)28-26(33)31(23-10-3-2-4-11-23)29-22-9-7-8-20(17-22)18-27;1-19-16-21(13-14-24(19)30-15-6-5-12-25(30)32)28-26(33)29-31(22-9-3-2-4-10-22)23-11-7-8-20(17-23)18-27;;;;/h2-4,7-11,13-14,16-17,30H,5-6,12,15H2,1H3,(H3,27,28)(H,29,34);2-4,7-11,13-14,16-17H,5-6,12,15H2,1H3,(H3,27,28)(H2,29,30,34);2-4,7-11,13-14,16-17,29H,5-6,12,15,18,27H2,1H3,(H,28,33);2-4,7-11,13-14,16-17H,5-6,12,15,18,27H2,1H3,(H2,28,29,33);4*1H. The van der Waals surface area contributed by atoms with Crippen LogP contribution >= 0.6 is 49.6 Å². The van der Waals surface area contributed by atoms with E-state index in [2.05, 4.69) is 43.0 Å². The zero-order valence-corrected chi connectivity index (χ0v) is 80.5. The molecule has 0 aromatic heterocycles. The maximum atomic E-state index is 13.3. The van der Waals surface area contributed by atoms with Crippen LogP contribution in [0.2, 0.25) is 0 Å². The van der Waals surface area contributed by atoms with Gasteiger partial charge in [0.2, 0.25) is 23.6 Å². The molecule has 0 saturated carbocycles. The molecule has 12 amide bonds. The largest absolute Gasteiger partial charge is 0.384 e. The van der Waals surface area contributed by atoms with Crippen LogP contribution in [0, 0.1) is 38.5 Å². The second-order valence-corrected chi connectivity index (χ2v) is 32.7. The van der Waals surface area contributed by atoms with E-state index < -0.39 is 6.03 Å². The van der Waals surface area contributed by atoms with Gasteiger partial charge < -0.3 is 63.8 Å². The summed E-state index contributed by atoms with van der Waals surface area (Å²) >= 11 is 0. The summed E-state index contributed by atoms with van der Waals surface area (Å²) in [5.74, 6) is 0.475. The lowest BCUT2D eigenvalue weighted by molar-refractivity contribution is -0.120. The van der Waals surface area contributed by atoms with Gasteiger partial charge in [0, 0.05) is 122 Å². The van der Waals surface area contributed by atoms with Crippen molar-refractivity contribution in [2.75, 3.05) is 97.9 Å². The highest BCUT2D eigenvalue weighted by atomic mass is 35.5. The Morgan fingerprint density at radius 1 is 0.304 bits per heavy atom. The number of nitrogens with two attached hydrogens (primary N) is 4. The first kappa shape index (κ1) is 107. The second-order valence-electron chi connectivity index (χ2n) is 32.7. The fourth-order valence-corrected chi connectivity index (χ4v) is 16.0. The number of amidine groups is 2. The highest BCUT2D eigenvalue weighted by molar-refractivity contribution is 6.06. The Bertz CT molecular complexity index is 6200. The Morgan fingerprint density at radius 2 is 0.587 bits per heavy atom. The smallest absolute Gasteiger partial charge is 0.345 e. The number of amides is 12. The van der Waals surface area contributed by atoms with E-state index >= 15 is 0 Å². The predicted octanol–water partition coefficient (Wildman–Crippen LogP) is 21.1. The lowest BCUT2D eigenvalue weighted by atomic mass is 10.1. The number of halogens is 4. The number of urea groups is 4. The van der Waals surface area contributed by atoms with Gasteiger partial charge in [-0.1, -0.05) is 121 Å². The summed E-state index contributed by atoms with van der Waals surface area (Å²) in [6.07, 6.45) is 10.1. The van der Waals surface area contributed by atoms with E-state index in [9.17, 15) is 38.4 Å². The Kier molecular flexibility index (Phi) is 40.2. The molecule has 30 nitrogen and oxygen atoms in total. The molecule has 0 bridgehead atoms. The van der Waals surface area contributed by atoms with Crippen molar-refractivity contribution in [3.05, 3.63) is 336 Å². The molecule has 4 heterocycles. The third kappa shape index (κ3) is 28.9. The van der Waals surface area contributed by atoms with Crippen LogP contribution < -0.4 is 106 Å². The van der Waals surface area contributed by atoms with E-state index in [-0.39, 0.29) is 103 Å². The average Bonchev–Trinajstić information content (AvgIpc) is 0.835. The summed E-state index contributed by atoms with van der Waals surface area (Å²) in [6.45, 7) is 11.5. The SMILES string of the molecule is Cc1cc(NC(=O)N(Nc2cccc(C(=N)N)c2)c2ccccc2)ccc1N1CCCCC1=O.Cc1cc(NC(=O)N(Nc2cccc(CN)c2)c2ccccc2)ccc1N1CCCCC1=O.Cc1cc(NC(=O)NN(c2ccccc2)c2cccc(C(=N)N)c2)ccc1N1CCCCC1=O.Cc1cc(NC(=O)NN(c2ccccc2)c2cccc(CN)c2)ccc1N1CCCCC1=O.Cl.Cl.Cl.Cl. The van der Waals surface area contributed by atoms with E-state index in [1.54, 1.807) is 58.5 Å². The number of hydrogen-bond donors (Lipinski definition) is 14. The predicted molar refractivity (Wildman–Crippen MR) is 567 cm³/mol. The Morgan fingerprint density at radius 3 is 0.913 bits per heavy atom. The normalized spacial score (nSPS) is 13.0. The van der Waals surface area contributed by atoms with E-state index in [1.165, 1.54) is 10.0 Å². The molecular weight excluding hydrogens is 1830 g/mol. The quantitative estimate of drug-likeness (QED) is 0.0152. The molecule has 4 fully saturated rings. The van der Waals surface area contributed by atoms with Gasteiger partial charge in [-0.25, -0.2) is 40.0 Å². The molecule has 4 saturated heterocycles. The molecule has 18 N–H and O–H groups in total. The first-order valence-electron chi connectivity index (χ1n) is 44.8. The van der Waals surface area contributed by atoms with Gasteiger partial charge in [0.15, 0.2) is 0 Å². The molecule has 0 unspecified atom stereocenters. The molecule has 138 heavy (non-hydrogen) atoms. The maximum Gasteiger partial charge on any atom is 0.345 e. The van der Waals surface area contributed by atoms with Crippen LogP contribution in [0.3, 0.4) is 0 Å². The molecule has 0 aliphatic carbocycles. The fraction of sp³-hybridized carbons (Fsp3) is 0.212. The number of hydrazine groups is 4. The first-order valence-corrected chi connectivity index (χ1v) is 44.8. The fourth-order valence-electron chi connectivity index (χ4n) is 16.0. The molecule has 16 rings (SSSR count). The van der Waals surface area contributed by atoms with Crippen molar-refractivity contribution in [1.29, 1.82) is 10.8 Å². The zero-order valence-electron chi connectivity index (χ0n) is 77.2. The maximum absolute atomic E-state index is 13.3. The number of hydrogen-bond acceptors (Lipinski definition) is 16. The highest BCUT2D eigenvalue weighted by Gasteiger charge is 2.29. The van der Waals surface area contributed by atoms with Crippen molar-refractivity contribution >= 4 is 200 Å². The van der Waals surface area contributed by atoms with Gasteiger partial charge in [-0.05, 0) is 282 Å². The van der Waals surface area contributed by atoms with Gasteiger partial charge in [0.05, 0.1) is 45.5 Å². The Labute approximate surface area is 829 Å². The van der Waals surface area contributed by atoms with Gasteiger partial charge in [0.25, 0.3) is 0 Å². The van der Waals surface area contributed by atoms with E-state index in [0.29, 0.717) is 95.4 Å². The number of para-hydroxylation sites is 4. The summed E-state index contributed by atoms with van der Waals surface area (Å²) in [4.78, 5) is 109. The molecule has 720 valence electrons. The minimum Gasteiger partial charge on any atom is -0.384 e. The number of carbonyl (C=O) groups is 8. The summed E-state index contributed by atoms with van der Waals surface area (Å²) in [5.41, 5.74) is 53.5. The second kappa shape index (κ2) is 52.1. The lowest BCUT2D eigenvalue weighted by Crippen LogP contribution is -2.41. The van der Waals surface area contributed by atoms with Crippen LogP contribution in [0.25, 0.3) is 0 Å². The number of nitrogens with one attached hydrogen (secondary N) is 10. The third-order valence-corrected chi connectivity index (χ3v) is 22.8. The number of nitrogens with zero attached hydrogens (tertiary/aromatic N) is 8. The Hall–Kier alpha value is -15.2. The molecule has 0 radical (unpaired) electrons. The molecular formula is C104H118Cl4N22O8. The monoisotopic (exact) mass is 1940 g/mol. The first-order chi connectivity index (χ1) is 64.9. The van der Waals surface area contributed by atoms with Gasteiger partial charge in [-0.15, -0.1) is 49.6 Å². The number of carbonyl (C=O) groups excluding carboxylic acids is 8. The van der Waals surface area contributed by atoms with Crippen LogP contribution in [0.5, 0.6) is 0 Å². The van der Waals surface area contributed by atoms with Crippen LogP contribution in [0.15, 0.2) is 291 Å². The number of anilines is 16. The van der Waals surface area contributed by atoms with Crippen molar-refractivity contribution in [3.63, 3.8) is 0 Å². The molecule has 12 aromatic rings. The molecule has 34 heteroatoms. The van der Waals surface area contributed by atoms with Crippen LogP contribution in [0.1, 0.15) is 122 Å². The lowest BCUT2D eigenvalue weighted by Gasteiger charge is -2.29. The van der Waals surface area contributed by atoms with Crippen molar-refractivity contribution in [1.82, 2.24) is 10.9 Å². The molecule has 0 atom stereocenters. The van der Waals surface area contributed by atoms with E-state index in [4.69, 9.17) is 33.8 Å². The zero-order chi connectivity index (χ0) is 94.6. The molecule has 12 aromatic carbocycles. The number of piperidine rings is 4. The summed E-state index contributed by atoms with van der Waals surface area (Å²) in [6, 6.07) is 87.8. The minimum absolute atomic E-state index is 0. The van der Waals surface area contributed by atoms with Crippen molar-refractivity contribution in [3.8, 4) is 0 Å². The molecule has 4 aliphatic rings. The number of nitrogen functional groups attached to an aromatic ring is 2. The molecule has 4 aliphatic heterocycles. The third-order valence-electron chi connectivity index (χ3n) is 22.8. The van der Waals surface area contributed by atoms with E-state index in [0.717, 1.165) is 156 Å². The van der Waals surface area contributed by atoms with Crippen LogP contribution in [0.4, 0.5) is 110 Å². The summed E-state index contributed by atoms with van der Waals surface area (Å²) in [7, 11) is 0. The topological polar surface area (TPSA) is 410 Å². The van der Waals surface area contributed by atoms with Crippen LogP contribution in [-0.2, 0) is 32.3 Å². The van der Waals surface area contributed by atoms with Crippen molar-refractivity contribution in [2.24, 2.45) is 22.9 Å². The van der Waals surface area contributed by atoms with Crippen LogP contribution in [-0.4, -0.2) is 85.6 Å². The Balaban J connectivity index is 0.000000204.